The van der Waals surface area contributed by atoms with Crippen LogP contribution in [0.15, 0.2) is 30.5 Å². The lowest BCUT2D eigenvalue weighted by Gasteiger charge is -2.33. The Morgan fingerprint density at radius 3 is 1.81 bits per heavy atom. The molecule has 2 saturated heterocycles. The highest BCUT2D eigenvalue weighted by molar-refractivity contribution is 7.98. The fourth-order valence-electron chi connectivity index (χ4n) is 9.55. The molecule has 0 aliphatic carbocycles. The zero-order chi connectivity index (χ0) is 60.3. The zero-order valence-electron chi connectivity index (χ0n) is 46.9. The Morgan fingerprint density at radius 2 is 1.26 bits per heavy atom. The van der Waals surface area contributed by atoms with Crippen LogP contribution in [0.25, 0.3) is 10.9 Å². The molecule has 0 bridgehead atoms. The van der Waals surface area contributed by atoms with Crippen LogP contribution in [0.2, 0.25) is 0 Å². The Morgan fingerprint density at radius 1 is 0.704 bits per heavy atom. The van der Waals surface area contributed by atoms with Crippen LogP contribution in [0, 0.1) is 5.92 Å². The molecule has 26 nitrogen and oxygen atoms in total. The lowest BCUT2D eigenvalue weighted by molar-refractivity contribution is -0.146. The van der Waals surface area contributed by atoms with E-state index in [2.05, 4.69) is 42.2 Å². The van der Waals surface area contributed by atoms with E-state index < -0.39 is 151 Å². The highest BCUT2D eigenvalue weighted by Gasteiger charge is 2.44. The number of carboxylic acid groups (broad SMARTS) is 2. The van der Waals surface area contributed by atoms with Gasteiger partial charge in [0, 0.05) is 36.6 Å². The van der Waals surface area contributed by atoms with Gasteiger partial charge in [0.25, 0.3) is 0 Å². The fraction of sp³-hybridized carbons (Fsp3) is 0.642. The van der Waals surface area contributed by atoms with Gasteiger partial charge >= 0.3 is 11.9 Å². The molecular formula is C53H81N11O15S2. The molecule has 2 aromatic rings. The van der Waals surface area contributed by atoms with E-state index in [1.54, 1.807) is 32.6 Å². The lowest BCUT2D eigenvalue weighted by atomic mass is 10.0. The van der Waals surface area contributed by atoms with Crippen LogP contribution in [-0.2, 0) is 59.2 Å². The third kappa shape index (κ3) is 19.3. The second-order valence-electron chi connectivity index (χ2n) is 21.3. The molecule has 4 rings (SSSR count). The zero-order valence-corrected chi connectivity index (χ0v) is 48.5. The van der Waals surface area contributed by atoms with Crippen LogP contribution in [0.5, 0.6) is 0 Å². The van der Waals surface area contributed by atoms with E-state index >= 15 is 0 Å². The summed E-state index contributed by atoms with van der Waals surface area (Å²) < 4.78 is 0. The number of H-pyrrole nitrogens is 1. The van der Waals surface area contributed by atoms with E-state index in [0.29, 0.717) is 17.9 Å². The molecule has 14 N–H and O–H groups in total. The van der Waals surface area contributed by atoms with Gasteiger partial charge in [0.05, 0.1) is 18.8 Å². The largest absolute Gasteiger partial charge is 0.481 e. The molecule has 3 heterocycles. The van der Waals surface area contributed by atoms with Gasteiger partial charge in [-0.05, 0) is 120 Å². The minimum atomic E-state index is -1.73. The highest BCUT2D eigenvalue weighted by Crippen LogP contribution is 2.24. The van der Waals surface area contributed by atoms with Gasteiger partial charge in [0.2, 0.25) is 53.2 Å². The summed E-state index contributed by atoms with van der Waals surface area (Å²) in [7, 11) is 0. The SMILES string of the molecule is CSCC[C@H](NC(=O)C(C)(C)NC(=O)[C@H](CCSC)NC(=O)[C@@H]1CCCN1C(=O)[C@H](CCC(=O)O)NC(=O)[C@@H]1CCCN1C(=O)[C@@H](NC(=O)[C@H](CO)NC(=O)[C@H](CC(C)C)NC(=O)[C@@H](N)Cc1c[nH]c2ccccc12)[C@@H](C)O)C(=O)O. The normalized spacial score (nSPS) is 18.3. The second-order valence-corrected chi connectivity index (χ2v) is 23.3. The minimum Gasteiger partial charge on any atom is -0.481 e. The molecule has 2 fully saturated rings. The number of carbonyl (C=O) groups excluding carboxylic acids is 9. The molecule has 28 heteroatoms. The molecule has 0 saturated carbocycles. The number of aromatic nitrogens is 1. The first-order chi connectivity index (χ1) is 38.2. The quantitative estimate of drug-likeness (QED) is 0.0405. The summed E-state index contributed by atoms with van der Waals surface area (Å²) >= 11 is 2.77. The van der Waals surface area contributed by atoms with Crippen molar-refractivity contribution >= 4 is 99.5 Å². The van der Waals surface area contributed by atoms with Crippen molar-refractivity contribution < 1.29 is 73.2 Å². The van der Waals surface area contributed by atoms with E-state index in [9.17, 15) is 73.2 Å². The summed E-state index contributed by atoms with van der Waals surface area (Å²) in [4.78, 5) is 154. The van der Waals surface area contributed by atoms with Crippen LogP contribution < -0.4 is 43.0 Å². The van der Waals surface area contributed by atoms with Gasteiger partial charge in [-0.2, -0.15) is 23.5 Å². The summed E-state index contributed by atoms with van der Waals surface area (Å²) in [5.74, 6) is -9.32. The maximum Gasteiger partial charge on any atom is 0.326 e. The molecule has 1 aromatic carbocycles. The van der Waals surface area contributed by atoms with Crippen molar-refractivity contribution in [3.8, 4) is 0 Å². The number of thioether (sulfide) groups is 2. The summed E-state index contributed by atoms with van der Waals surface area (Å²) in [6.07, 6.45) is 3.91. The fourth-order valence-corrected chi connectivity index (χ4v) is 10.5. The third-order valence-corrected chi connectivity index (χ3v) is 15.3. The number of nitrogens with one attached hydrogen (secondary N) is 8. The molecule has 10 atom stereocenters. The van der Waals surface area contributed by atoms with Crippen molar-refractivity contribution in [3.63, 3.8) is 0 Å². The molecule has 450 valence electrons. The topological polar surface area (TPSA) is 401 Å². The average molecular weight is 1180 g/mol. The van der Waals surface area contributed by atoms with Crippen LogP contribution in [0.1, 0.15) is 98.0 Å². The van der Waals surface area contributed by atoms with Gasteiger partial charge in [-0.1, -0.05) is 32.0 Å². The van der Waals surface area contributed by atoms with E-state index in [1.807, 2.05) is 24.3 Å². The standard InChI is InChI=1S/C53H81N11O15S2/c1-28(2)24-37(58-43(69)32(54)25-30-26-55-33-13-9-8-12-31(30)33)44(70)59-38(27-65)45(71)61-42(29(3)66)50(76)64-21-11-15-40(64)48(74)57-35(16-17-41(67)68)49(75)63-20-10-14-39(63)47(73)56-34(18-22-80-6)46(72)62-53(4,5)52(79)60-36(51(77)78)19-23-81-7/h8-9,12-13,26,28-29,32,34-40,42,55,65-66H,10-11,14-25,27,54H2,1-7H3,(H,56,73)(H,57,74)(H,58,69)(H,59,70)(H,60,79)(H,61,71)(H,62,72)(H,67,68)(H,77,78)/t29-,32+,34+,35+,36+,37+,38+,39+,40+,42+/m1/s1. The second kappa shape index (κ2) is 31.6. The Balaban J connectivity index is 1.44. The van der Waals surface area contributed by atoms with Gasteiger partial charge in [0.1, 0.15) is 53.9 Å². The van der Waals surface area contributed by atoms with Crippen molar-refractivity contribution in [2.45, 2.75) is 165 Å². The van der Waals surface area contributed by atoms with E-state index in [0.717, 1.165) is 21.4 Å². The number of hydrogen-bond donors (Lipinski definition) is 13. The van der Waals surface area contributed by atoms with Crippen molar-refractivity contribution in [1.82, 2.24) is 52.0 Å². The number of aliphatic hydroxyl groups excluding tert-OH is 2. The monoisotopic (exact) mass is 1180 g/mol. The lowest BCUT2D eigenvalue weighted by Crippen LogP contribution is -2.62. The summed E-state index contributed by atoms with van der Waals surface area (Å²) in [6, 6.07) is -4.66. The number of para-hydroxylation sites is 1. The summed E-state index contributed by atoms with van der Waals surface area (Å²) in [5, 5.41) is 59.1. The molecule has 2 aliphatic rings. The number of nitrogens with two attached hydrogens (primary N) is 1. The van der Waals surface area contributed by atoms with Gasteiger partial charge in [0.15, 0.2) is 0 Å². The van der Waals surface area contributed by atoms with Gasteiger partial charge in [-0.25, -0.2) is 4.79 Å². The van der Waals surface area contributed by atoms with Gasteiger partial charge in [-0.3, -0.25) is 47.9 Å². The Bertz CT molecular complexity index is 2570. The number of amides is 9. The van der Waals surface area contributed by atoms with Crippen molar-refractivity contribution in [2.75, 3.05) is 43.7 Å². The number of likely N-dealkylation sites (tertiary alicyclic amines) is 2. The highest BCUT2D eigenvalue weighted by atomic mass is 32.2. The smallest absolute Gasteiger partial charge is 0.326 e. The van der Waals surface area contributed by atoms with Gasteiger partial charge in [-0.15, -0.1) is 0 Å². The van der Waals surface area contributed by atoms with E-state index in [4.69, 9.17) is 5.73 Å². The minimum absolute atomic E-state index is 0.0132. The predicted octanol–water partition coefficient (Wildman–Crippen LogP) is -1.30. The molecule has 81 heavy (non-hydrogen) atoms. The number of carbonyl (C=O) groups is 11. The number of carboxylic acids is 2. The van der Waals surface area contributed by atoms with Crippen molar-refractivity contribution in [1.29, 1.82) is 0 Å². The van der Waals surface area contributed by atoms with Crippen molar-refractivity contribution in [3.05, 3.63) is 36.0 Å². The molecule has 1 aromatic heterocycles. The molecular weight excluding hydrogens is 1090 g/mol. The predicted molar refractivity (Wildman–Crippen MR) is 302 cm³/mol. The molecule has 0 unspecified atom stereocenters. The Kier molecular flexibility index (Phi) is 26.2. The molecule has 0 radical (unpaired) electrons. The maximum atomic E-state index is 14.4. The third-order valence-electron chi connectivity index (χ3n) is 14.1. The summed E-state index contributed by atoms with van der Waals surface area (Å²) in [6.45, 7) is 6.56. The number of fused-ring (bicyclic) bond motifs is 1. The first-order valence-corrected chi connectivity index (χ1v) is 29.8. The Labute approximate surface area is 479 Å². The number of aliphatic hydroxyl groups is 2. The van der Waals surface area contributed by atoms with Gasteiger partial charge < -0.3 is 78.2 Å². The van der Waals surface area contributed by atoms with Crippen LogP contribution in [0.4, 0.5) is 0 Å². The maximum absolute atomic E-state index is 14.4. The van der Waals surface area contributed by atoms with Crippen LogP contribution >= 0.6 is 23.5 Å². The summed E-state index contributed by atoms with van der Waals surface area (Å²) in [5.41, 5.74) is 6.30. The number of rotatable bonds is 32. The molecule has 0 spiro atoms. The first-order valence-electron chi connectivity index (χ1n) is 27.0. The number of hydrogen-bond acceptors (Lipinski definition) is 16. The Hall–Kier alpha value is -6.49. The van der Waals surface area contributed by atoms with Crippen LogP contribution in [0.3, 0.4) is 0 Å². The number of aromatic amines is 1. The van der Waals surface area contributed by atoms with E-state index in [1.165, 1.54) is 49.2 Å². The number of benzene rings is 1. The van der Waals surface area contributed by atoms with E-state index in [-0.39, 0.29) is 64.0 Å². The molecule has 9 amide bonds. The van der Waals surface area contributed by atoms with Crippen molar-refractivity contribution in [2.24, 2.45) is 11.7 Å². The molecule has 2 aliphatic heterocycles. The number of nitrogens with zero attached hydrogens (tertiary/aromatic N) is 2. The first kappa shape index (κ1) is 67.0. The average Bonchev–Trinajstić information content (AvgIpc) is 4.21. The number of aliphatic carboxylic acids is 2. The van der Waals surface area contributed by atoms with Crippen LogP contribution in [-0.4, -0.2) is 210 Å².